The first-order chi connectivity index (χ1) is 8.90. The summed E-state index contributed by atoms with van der Waals surface area (Å²) >= 11 is 3.24. The van der Waals surface area contributed by atoms with Gasteiger partial charge in [-0.3, -0.25) is 5.10 Å². The van der Waals surface area contributed by atoms with E-state index in [-0.39, 0.29) is 11.4 Å². The van der Waals surface area contributed by atoms with Crippen LogP contribution in [0.4, 0.5) is 4.39 Å². The van der Waals surface area contributed by atoms with Crippen molar-refractivity contribution < 1.29 is 12.8 Å². The van der Waals surface area contributed by atoms with Crippen molar-refractivity contribution in [1.29, 1.82) is 0 Å². The highest BCUT2D eigenvalue weighted by Gasteiger charge is 2.17. The predicted octanol–water partition coefficient (Wildman–Crippen LogP) is 2.10. The van der Waals surface area contributed by atoms with Crippen LogP contribution in [0.25, 0.3) is 0 Å². The smallest absolute Gasteiger partial charge is 0.241 e. The first-order valence-corrected chi connectivity index (χ1v) is 7.61. The molecule has 0 aliphatic heterocycles. The van der Waals surface area contributed by atoms with E-state index in [2.05, 4.69) is 30.8 Å². The second-order valence-corrected chi connectivity index (χ2v) is 6.52. The molecule has 0 bridgehead atoms. The number of nitrogens with zero attached hydrogens (tertiary/aromatic N) is 1. The highest BCUT2D eigenvalue weighted by molar-refractivity contribution is 9.10. The molecular weight excluding hydrogens is 337 g/mol. The van der Waals surface area contributed by atoms with Gasteiger partial charge in [-0.1, -0.05) is 0 Å². The van der Waals surface area contributed by atoms with Crippen molar-refractivity contribution in [3.63, 3.8) is 0 Å². The number of H-pyrrole nitrogens is 1. The molecule has 0 aliphatic carbocycles. The summed E-state index contributed by atoms with van der Waals surface area (Å²) < 4.78 is 40.3. The van der Waals surface area contributed by atoms with Crippen molar-refractivity contribution >= 4 is 26.0 Å². The van der Waals surface area contributed by atoms with Gasteiger partial charge in [0, 0.05) is 0 Å². The highest BCUT2D eigenvalue weighted by Crippen LogP contribution is 2.17. The van der Waals surface area contributed by atoms with Gasteiger partial charge in [-0.15, -0.1) is 0 Å². The topological polar surface area (TPSA) is 74.8 Å². The van der Waals surface area contributed by atoms with E-state index >= 15 is 0 Å². The number of aryl methyl sites for hydroxylation is 1. The highest BCUT2D eigenvalue weighted by atomic mass is 79.9. The minimum absolute atomic E-state index is 0.0598. The molecule has 0 saturated carbocycles. The molecule has 5 nitrogen and oxygen atoms in total. The lowest BCUT2D eigenvalue weighted by atomic mass is 10.2. The maximum Gasteiger partial charge on any atom is 0.241 e. The van der Waals surface area contributed by atoms with Gasteiger partial charge in [-0.25, -0.2) is 17.5 Å². The number of halogens is 2. The Kier molecular flexibility index (Phi) is 4.02. The molecule has 0 radical (unpaired) electrons. The summed E-state index contributed by atoms with van der Waals surface area (Å²) in [5.41, 5.74) is 0.972. The van der Waals surface area contributed by atoms with Gasteiger partial charge in [0.1, 0.15) is 5.82 Å². The van der Waals surface area contributed by atoms with Crippen molar-refractivity contribution in [3.8, 4) is 0 Å². The third-order valence-corrected chi connectivity index (χ3v) is 4.78. The normalized spacial score (nSPS) is 11.7. The van der Waals surface area contributed by atoms with Gasteiger partial charge < -0.3 is 0 Å². The Morgan fingerprint density at radius 3 is 2.79 bits per heavy atom. The average Bonchev–Trinajstić information content (AvgIpc) is 2.72. The number of sulfonamides is 1. The number of rotatable bonds is 4. The van der Waals surface area contributed by atoms with Gasteiger partial charge in [-0.05, 0) is 46.6 Å². The van der Waals surface area contributed by atoms with E-state index in [1.165, 1.54) is 18.3 Å². The zero-order chi connectivity index (χ0) is 14.0. The molecule has 2 N–H and O–H groups in total. The number of nitrogens with one attached hydrogen (secondary N) is 2. The Balaban J connectivity index is 2.21. The van der Waals surface area contributed by atoms with E-state index in [1.54, 1.807) is 6.92 Å². The van der Waals surface area contributed by atoms with Crippen LogP contribution in [-0.4, -0.2) is 18.6 Å². The van der Waals surface area contributed by atoms with Gasteiger partial charge in [0.05, 0.1) is 27.8 Å². The lowest BCUT2D eigenvalue weighted by Crippen LogP contribution is -2.24. The number of hydrogen-bond acceptors (Lipinski definition) is 3. The summed E-state index contributed by atoms with van der Waals surface area (Å²) in [4.78, 5) is 0.0598. The second-order valence-electron chi connectivity index (χ2n) is 3.93. The molecule has 0 fully saturated rings. The zero-order valence-electron chi connectivity index (χ0n) is 9.94. The van der Waals surface area contributed by atoms with E-state index in [9.17, 15) is 12.8 Å². The van der Waals surface area contributed by atoms with Gasteiger partial charge in [0.25, 0.3) is 0 Å². The minimum atomic E-state index is -3.69. The molecule has 0 amide bonds. The molecule has 0 atom stereocenters. The molecule has 102 valence electrons. The fourth-order valence-corrected chi connectivity index (χ4v) is 3.13. The quantitative estimate of drug-likeness (QED) is 0.889. The Hall–Kier alpha value is -1.25. The Labute approximate surface area is 118 Å². The minimum Gasteiger partial charge on any atom is -0.280 e. The van der Waals surface area contributed by atoms with Gasteiger partial charge in [0.2, 0.25) is 10.0 Å². The van der Waals surface area contributed by atoms with Gasteiger partial charge >= 0.3 is 0 Å². The van der Waals surface area contributed by atoms with Crippen LogP contribution < -0.4 is 4.72 Å². The van der Waals surface area contributed by atoms with Crippen molar-refractivity contribution in [2.24, 2.45) is 0 Å². The Bertz CT molecular complexity index is 700. The van der Waals surface area contributed by atoms with Gasteiger partial charge in [-0.2, -0.15) is 5.10 Å². The molecule has 8 heteroatoms. The molecule has 2 rings (SSSR count). The van der Waals surface area contributed by atoms with Crippen molar-refractivity contribution in [3.05, 3.63) is 45.9 Å². The Morgan fingerprint density at radius 1 is 1.47 bits per heavy atom. The molecule has 0 spiro atoms. The fraction of sp³-hybridized carbons (Fsp3) is 0.182. The first kappa shape index (κ1) is 14.2. The van der Waals surface area contributed by atoms with Gasteiger partial charge in [0.15, 0.2) is 0 Å². The maximum absolute atomic E-state index is 13.0. The molecular formula is C11H11BrFN3O2S. The lowest BCUT2D eigenvalue weighted by molar-refractivity contribution is 0.578. The van der Waals surface area contributed by atoms with Crippen LogP contribution in [0.3, 0.4) is 0 Å². The number of hydrogen-bond donors (Lipinski definition) is 2. The lowest BCUT2D eigenvalue weighted by Gasteiger charge is -2.08. The molecule has 0 saturated heterocycles. The van der Waals surface area contributed by atoms with Crippen molar-refractivity contribution in [1.82, 2.24) is 14.9 Å². The van der Waals surface area contributed by atoms with E-state index in [4.69, 9.17) is 0 Å². The SMILES string of the molecule is Cc1cc(F)ccc1S(=O)(=O)NCc1[nH]ncc1Br. The zero-order valence-corrected chi connectivity index (χ0v) is 12.3. The van der Waals surface area contributed by atoms with E-state index in [0.717, 1.165) is 6.07 Å². The average molecular weight is 348 g/mol. The largest absolute Gasteiger partial charge is 0.280 e. The Morgan fingerprint density at radius 2 is 2.21 bits per heavy atom. The third-order valence-electron chi connectivity index (χ3n) is 2.53. The van der Waals surface area contributed by atoms with Crippen LogP contribution >= 0.6 is 15.9 Å². The molecule has 1 aromatic carbocycles. The summed E-state index contributed by atoms with van der Waals surface area (Å²) in [6.45, 7) is 1.61. The van der Waals surface area contributed by atoms with Crippen molar-refractivity contribution in [2.45, 2.75) is 18.4 Å². The van der Waals surface area contributed by atoms with Crippen LogP contribution in [0.1, 0.15) is 11.3 Å². The molecule has 19 heavy (non-hydrogen) atoms. The van der Waals surface area contributed by atoms with Crippen LogP contribution in [0.15, 0.2) is 33.8 Å². The summed E-state index contributed by atoms with van der Waals surface area (Å²) in [5, 5.41) is 6.44. The van der Waals surface area contributed by atoms with Crippen LogP contribution in [0.5, 0.6) is 0 Å². The third kappa shape index (κ3) is 3.20. The molecule has 0 unspecified atom stereocenters. The maximum atomic E-state index is 13.0. The molecule has 1 heterocycles. The van der Waals surface area contributed by atoms with E-state index in [0.29, 0.717) is 15.7 Å². The summed E-state index contributed by atoms with van der Waals surface area (Å²) in [6, 6.07) is 3.54. The summed E-state index contributed by atoms with van der Waals surface area (Å²) in [5.74, 6) is -0.465. The first-order valence-electron chi connectivity index (χ1n) is 5.34. The second kappa shape index (κ2) is 5.40. The summed E-state index contributed by atoms with van der Waals surface area (Å²) in [7, 11) is -3.69. The predicted molar refractivity (Wildman–Crippen MR) is 71.5 cm³/mol. The van der Waals surface area contributed by atoms with E-state index in [1.807, 2.05) is 0 Å². The molecule has 1 aromatic heterocycles. The fourth-order valence-electron chi connectivity index (χ4n) is 1.58. The molecule has 2 aromatic rings. The van der Waals surface area contributed by atoms with E-state index < -0.39 is 15.8 Å². The number of benzene rings is 1. The monoisotopic (exact) mass is 347 g/mol. The summed E-state index contributed by atoms with van der Waals surface area (Å²) in [6.07, 6.45) is 1.53. The molecule has 0 aliphatic rings. The number of aromatic amines is 1. The number of aromatic nitrogens is 2. The standard InChI is InChI=1S/C11H11BrFN3O2S/c1-7-4-8(13)2-3-11(7)19(17,18)15-6-10-9(12)5-14-16-10/h2-5,15H,6H2,1H3,(H,14,16). The van der Waals surface area contributed by atoms with Crippen LogP contribution in [-0.2, 0) is 16.6 Å². The van der Waals surface area contributed by atoms with Crippen molar-refractivity contribution in [2.75, 3.05) is 0 Å². The van der Waals surface area contributed by atoms with Crippen LogP contribution in [0.2, 0.25) is 0 Å². The van der Waals surface area contributed by atoms with Crippen LogP contribution in [0, 0.1) is 12.7 Å².